The lowest BCUT2D eigenvalue weighted by molar-refractivity contribution is -0.119. The van der Waals surface area contributed by atoms with Crippen LogP contribution in [0.3, 0.4) is 0 Å². The Kier molecular flexibility index (Phi) is 6.29. The average Bonchev–Trinajstić information content (AvgIpc) is 2.61. The Morgan fingerprint density at radius 2 is 1.73 bits per heavy atom. The van der Waals surface area contributed by atoms with Crippen molar-refractivity contribution >= 4 is 34.9 Å². The fraction of sp³-hybridized carbons (Fsp3) is 0.389. The third-order valence-corrected chi connectivity index (χ3v) is 4.68. The minimum atomic E-state index is -0.0155. The summed E-state index contributed by atoms with van der Waals surface area (Å²) >= 11 is 11.9. The zero-order valence-corrected chi connectivity index (χ0v) is 16.1. The molecule has 2 aromatic rings. The summed E-state index contributed by atoms with van der Waals surface area (Å²) in [6.07, 6.45) is 0. The van der Waals surface area contributed by atoms with E-state index in [1.165, 1.54) is 12.5 Å². The average molecular weight is 394 g/mol. The van der Waals surface area contributed by atoms with Crippen molar-refractivity contribution in [2.75, 3.05) is 31.1 Å². The third-order valence-electron chi connectivity index (χ3n) is 4.32. The van der Waals surface area contributed by atoms with Crippen LogP contribution < -0.4 is 10.2 Å². The summed E-state index contributed by atoms with van der Waals surface area (Å²) in [5, 5.41) is 3.34. The van der Waals surface area contributed by atoms with Crippen molar-refractivity contribution in [2.24, 2.45) is 0 Å². The van der Waals surface area contributed by atoms with Crippen molar-refractivity contribution in [3.8, 4) is 0 Å². The Bertz CT molecular complexity index is 740. The summed E-state index contributed by atoms with van der Waals surface area (Å²) < 4.78 is 0. The second kappa shape index (κ2) is 8.66. The molecule has 1 N–H and O–H groups in total. The molecule has 1 aromatic carbocycles. The number of nitrogens with zero attached hydrogens (tertiary/aromatic N) is 4. The van der Waals surface area contributed by atoms with Crippen LogP contribution in [-0.4, -0.2) is 47.0 Å². The van der Waals surface area contributed by atoms with E-state index in [1.807, 2.05) is 0 Å². The van der Waals surface area contributed by atoms with Crippen LogP contribution in [0.15, 0.2) is 30.3 Å². The van der Waals surface area contributed by atoms with Crippen LogP contribution in [0.5, 0.6) is 0 Å². The van der Waals surface area contributed by atoms with Gasteiger partial charge in [-0.2, -0.15) is 0 Å². The zero-order chi connectivity index (χ0) is 18.5. The van der Waals surface area contributed by atoms with Crippen LogP contribution in [0.2, 0.25) is 10.4 Å². The Morgan fingerprint density at radius 1 is 1.08 bits per heavy atom. The fourth-order valence-corrected chi connectivity index (χ4v) is 3.32. The first-order chi connectivity index (χ1) is 12.5. The first kappa shape index (κ1) is 18.9. The van der Waals surface area contributed by atoms with Crippen molar-refractivity contribution in [3.63, 3.8) is 0 Å². The number of hydrogen-bond acceptors (Lipinski definition) is 5. The van der Waals surface area contributed by atoms with Gasteiger partial charge < -0.3 is 10.2 Å². The van der Waals surface area contributed by atoms with Gasteiger partial charge in [0.25, 0.3) is 0 Å². The standard InChI is InChI=1S/C18H21Cl2N5O/c1-13(26)21-11-14-2-4-15(5-3-14)12-24-6-8-25(9-7-24)17-10-16(19)22-18(20)23-17/h2-5,10H,6-9,11-12H2,1H3,(H,21,26). The van der Waals surface area contributed by atoms with Crippen LogP contribution in [0.1, 0.15) is 18.1 Å². The number of halogens is 2. The normalized spacial score (nSPS) is 15.1. The van der Waals surface area contributed by atoms with Gasteiger partial charge >= 0.3 is 0 Å². The van der Waals surface area contributed by atoms with Gasteiger partial charge in [0, 0.05) is 52.3 Å². The number of anilines is 1. The van der Waals surface area contributed by atoms with Gasteiger partial charge in [-0.15, -0.1) is 0 Å². The maximum atomic E-state index is 11.0. The second-order valence-corrected chi connectivity index (χ2v) is 7.03. The van der Waals surface area contributed by atoms with Gasteiger partial charge in [-0.3, -0.25) is 9.69 Å². The maximum absolute atomic E-state index is 11.0. The maximum Gasteiger partial charge on any atom is 0.225 e. The molecule has 0 bridgehead atoms. The molecule has 1 saturated heterocycles. The lowest BCUT2D eigenvalue weighted by Crippen LogP contribution is -2.46. The van der Waals surface area contributed by atoms with Gasteiger partial charge in [0.15, 0.2) is 0 Å². The monoisotopic (exact) mass is 393 g/mol. The number of carbonyl (C=O) groups excluding carboxylic acids is 1. The van der Waals surface area contributed by atoms with Crippen molar-refractivity contribution in [1.82, 2.24) is 20.2 Å². The van der Waals surface area contributed by atoms with E-state index in [0.29, 0.717) is 11.7 Å². The SMILES string of the molecule is CC(=O)NCc1ccc(CN2CCN(c3cc(Cl)nc(Cl)n3)CC2)cc1. The molecule has 2 heterocycles. The smallest absolute Gasteiger partial charge is 0.225 e. The largest absolute Gasteiger partial charge is 0.354 e. The van der Waals surface area contributed by atoms with Gasteiger partial charge in [0.2, 0.25) is 11.2 Å². The minimum Gasteiger partial charge on any atom is -0.354 e. The Labute approximate surface area is 163 Å². The van der Waals surface area contributed by atoms with Crippen LogP contribution >= 0.6 is 23.2 Å². The number of benzene rings is 1. The molecule has 0 spiro atoms. The molecule has 0 saturated carbocycles. The van der Waals surface area contributed by atoms with Gasteiger partial charge in [-0.1, -0.05) is 35.9 Å². The van der Waals surface area contributed by atoms with Gasteiger partial charge in [0.1, 0.15) is 11.0 Å². The predicted octanol–water partition coefficient (Wildman–Crippen LogP) is 2.74. The molecule has 6 nitrogen and oxygen atoms in total. The highest BCUT2D eigenvalue weighted by Gasteiger charge is 2.19. The Morgan fingerprint density at radius 3 is 2.35 bits per heavy atom. The predicted molar refractivity (Wildman–Crippen MR) is 104 cm³/mol. The molecular formula is C18H21Cl2N5O. The Balaban J connectivity index is 1.51. The molecule has 0 atom stereocenters. The number of nitrogens with one attached hydrogen (secondary N) is 1. The van der Waals surface area contributed by atoms with Gasteiger partial charge in [0.05, 0.1) is 0 Å². The van der Waals surface area contributed by atoms with Crippen LogP contribution in [0, 0.1) is 0 Å². The first-order valence-corrected chi connectivity index (χ1v) is 9.25. The van der Waals surface area contributed by atoms with E-state index in [2.05, 4.69) is 49.4 Å². The quantitative estimate of drug-likeness (QED) is 0.624. The molecule has 3 rings (SSSR count). The number of aromatic nitrogens is 2. The summed E-state index contributed by atoms with van der Waals surface area (Å²) in [4.78, 5) is 23.7. The highest BCUT2D eigenvalue weighted by atomic mass is 35.5. The van der Waals surface area contributed by atoms with E-state index in [1.54, 1.807) is 6.07 Å². The van der Waals surface area contributed by atoms with E-state index in [9.17, 15) is 4.79 Å². The number of amides is 1. The van der Waals surface area contributed by atoms with Crippen molar-refractivity contribution in [2.45, 2.75) is 20.0 Å². The number of rotatable bonds is 5. The molecule has 1 amide bonds. The van der Waals surface area contributed by atoms with Crippen LogP contribution in [0.25, 0.3) is 0 Å². The minimum absolute atomic E-state index is 0.0155. The fourth-order valence-electron chi connectivity index (χ4n) is 2.92. The highest BCUT2D eigenvalue weighted by molar-refractivity contribution is 6.32. The van der Waals surface area contributed by atoms with Crippen molar-refractivity contribution in [3.05, 3.63) is 51.9 Å². The molecule has 8 heteroatoms. The second-order valence-electron chi connectivity index (χ2n) is 6.31. The molecule has 1 aliphatic rings. The number of hydrogen-bond donors (Lipinski definition) is 1. The third kappa shape index (κ3) is 5.30. The summed E-state index contributed by atoms with van der Waals surface area (Å²) in [5.74, 6) is 0.759. The molecule has 1 fully saturated rings. The summed E-state index contributed by atoms with van der Waals surface area (Å²) in [7, 11) is 0. The Hall–Kier alpha value is -1.89. The molecular weight excluding hydrogens is 373 g/mol. The zero-order valence-electron chi connectivity index (χ0n) is 14.6. The van der Waals surface area contributed by atoms with Gasteiger partial charge in [-0.25, -0.2) is 9.97 Å². The number of carbonyl (C=O) groups is 1. The summed E-state index contributed by atoms with van der Waals surface area (Å²) in [5.41, 5.74) is 2.37. The van der Waals surface area contributed by atoms with E-state index in [0.717, 1.165) is 44.1 Å². The number of piperazine rings is 1. The van der Waals surface area contributed by atoms with Crippen LogP contribution in [-0.2, 0) is 17.9 Å². The van der Waals surface area contributed by atoms with E-state index < -0.39 is 0 Å². The first-order valence-electron chi connectivity index (χ1n) is 8.49. The lowest BCUT2D eigenvalue weighted by Gasteiger charge is -2.35. The summed E-state index contributed by atoms with van der Waals surface area (Å²) in [6, 6.07) is 10.1. The van der Waals surface area contributed by atoms with Gasteiger partial charge in [-0.05, 0) is 22.7 Å². The highest BCUT2D eigenvalue weighted by Crippen LogP contribution is 2.20. The van der Waals surface area contributed by atoms with E-state index in [-0.39, 0.29) is 11.2 Å². The lowest BCUT2D eigenvalue weighted by atomic mass is 10.1. The molecule has 0 aliphatic carbocycles. The van der Waals surface area contributed by atoms with E-state index >= 15 is 0 Å². The summed E-state index contributed by atoms with van der Waals surface area (Å²) in [6.45, 7) is 6.60. The van der Waals surface area contributed by atoms with Crippen LogP contribution in [0.4, 0.5) is 5.82 Å². The van der Waals surface area contributed by atoms with E-state index in [4.69, 9.17) is 23.2 Å². The molecule has 0 unspecified atom stereocenters. The molecule has 26 heavy (non-hydrogen) atoms. The molecule has 0 radical (unpaired) electrons. The van der Waals surface area contributed by atoms with Crippen molar-refractivity contribution in [1.29, 1.82) is 0 Å². The molecule has 1 aromatic heterocycles. The molecule has 1 aliphatic heterocycles. The van der Waals surface area contributed by atoms with Crippen molar-refractivity contribution < 1.29 is 4.79 Å². The molecule has 138 valence electrons. The topological polar surface area (TPSA) is 61.4 Å².